The van der Waals surface area contributed by atoms with Crippen LogP contribution < -0.4 is 9.64 Å². The molecule has 2 aromatic heterocycles. The molecule has 0 saturated carbocycles. The first-order valence-corrected chi connectivity index (χ1v) is 14.7. The Bertz CT molecular complexity index is 1650. The lowest BCUT2D eigenvalue weighted by atomic mass is 9.72. The van der Waals surface area contributed by atoms with Crippen molar-refractivity contribution in [1.82, 2.24) is 9.97 Å². The highest BCUT2D eigenvalue weighted by molar-refractivity contribution is 6.30. The summed E-state index contributed by atoms with van der Waals surface area (Å²) in [6.45, 7) is 8.82. The van der Waals surface area contributed by atoms with E-state index in [4.69, 9.17) is 25.8 Å². The van der Waals surface area contributed by atoms with Crippen LogP contribution in [0.3, 0.4) is 0 Å². The standard InChI is InChI=1S/C34H36ClN3O4/c1-21-30(10-9-28(33(39)40-4)31(21)42-26-15-23-12-14-36-32(23)37-17-26)38-18-27(19-38)41-20-24-11-13-34(2,3)16-29(24)22-5-7-25(35)8-6-22/h5-10,12,14-15,17,27H,11,13,16,18-20H2,1-4H3,(H,36,37). The number of nitrogens with zero attached hydrogens (tertiary/aromatic N) is 2. The minimum absolute atomic E-state index is 0.128. The van der Waals surface area contributed by atoms with Crippen molar-refractivity contribution >= 4 is 39.9 Å². The molecule has 0 amide bonds. The van der Waals surface area contributed by atoms with E-state index in [-0.39, 0.29) is 11.5 Å². The van der Waals surface area contributed by atoms with Crippen LogP contribution in [0.25, 0.3) is 16.6 Å². The summed E-state index contributed by atoms with van der Waals surface area (Å²) in [5.41, 5.74) is 7.31. The predicted molar refractivity (Wildman–Crippen MR) is 167 cm³/mol. The first-order valence-electron chi connectivity index (χ1n) is 14.4. The maximum Gasteiger partial charge on any atom is 0.341 e. The van der Waals surface area contributed by atoms with Gasteiger partial charge in [-0.05, 0) is 84.7 Å². The van der Waals surface area contributed by atoms with E-state index >= 15 is 0 Å². The maximum absolute atomic E-state index is 12.6. The molecule has 1 saturated heterocycles. The van der Waals surface area contributed by atoms with Gasteiger partial charge in [-0.15, -0.1) is 0 Å². The number of carbonyl (C=O) groups is 1. The van der Waals surface area contributed by atoms with Crippen LogP contribution in [0.2, 0.25) is 5.02 Å². The van der Waals surface area contributed by atoms with Gasteiger partial charge in [0.05, 0.1) is 26.0 Å². The summed E-state index contributed by atoms with van der Waals surface area (Å²) in [5, 5.41) is 1.68. The Morgan fingerprint density at radius 2 is 1.93 bits per heavy atom. The molecule has 6 rings (SSSR count). The van der Waals surface area contributed by atoms with Crippen molar-refractivity contribution in [1.29, 1.82) is 0 Å². The second-order valence-corrected chi connectivity index (χ2v) is 12.5. The van der Waals surface area contributed by atoms with Crippen molar-refractivity contribution in [2.24, 2.45) is 5.41 Å². The van der Waals surface area contributed by atoms with E-state index in [0.717, 1.165) is 59.7 Å². The molecule has 1 fully saturated rings. The lowest BCUT2D eigenvalue weighted by Gasteiger charge is -2.42. The van der Waals surface area contributed by atoms with Crippen LogP contribution in [0, 0.1) is 12.3 Å². The molecule has 1 aliphatic heterocycles. The number of benzene rings is 2. The number of carbonyl (C=O) groups excluding carboxylic acids is 1. The van der Waals surface area contributed by atoms with Crippen molar-refractivity contribution in [2.75, 3.05) is 31.7 Å². The fraction of sp³-hybridized carbons (Fsp3) is 0.353. The Balaban J connectivity index is 1.17. The number of rotatable bonds is 8. The van der Waals surface area contributed by atoms with Gasteiger partial charge in [0.25, 0.3) is 0 Å². The number of aromatic amines is 1. The molecule has 0 bridgehead atoms. The van der Waals surface area contributed by atoms with E-state index in [1.165, 1.54) is 23.8 Å². The van der Waals surface area contributed by atoms with Crippen LogP contribution in [0.5, 0.6) is 11.5 Å². The third kappa shape index (κ3) is 5.76. The molecule has 3 heterocycles. The molecule has 7 nitrogen and oxygen atoms in total. The molecule has 1 aliphatic carbocycles. The van der Waals surface area contributed by atoms with Crippen LogP contribution in [-0.4, -0.2) is 48.8 Å². The topological polar surface area (TPSA) is 76.7 Å². The van der Waals surface area contributed by atoms with Gasteiger partial charge in [0.1, 0.15) is 22.7 Å². The second kappa shape index (κ2) is 11.5. The molecule has 218 valence electrons. The number of aromatic nitrogens is 2. The Morgan fingerprint density at radius 3 is 2.69 bits per heavy atom. The fourth-order valence-corrected chi connectivity index (χ4v) is 6.05. The summed E-state index contributed by atoms with van der Waals surface area (Å²) in [7, 11) is 1.38. The van der Waals surface area contributed by atoms with E-state index < -0.39 is 5.97 Å². The molecular weight excluding hydrogens is 550 g/mol. The Labute approximate surface area is 251 Å². The van der Waals surface area contributed by atoms with Crippen LogP contribution in [-0.2, 0) is 9.47 Å². The van der Waals surface area contributed by atoms with Gasteiger partial charge in [-0.25, -0.2) is 9.78 Å². The zero-order valence-corrected chi connectivity index (χ0v) is 25.3. The molecule has 2 aliphatic rings. The number of nitrogens with one attached hydrogen (secondary N) is 1. The summed E-state index contributed by atoms with van der Waals surface area (Å²) in [6, 6.07) is 15.7. The average molecular weight is 586 g/mol. The van der Waals surface area contributed by atoms with Crippen LogP contribution in [0.4, 0.5) is 5.69 Å². The zero-order valence-electron chi connectivity index (χ0n) is 24.5. The number of hydrogen-bond donors (Lipinski definition) is 1. The lowest BCUT2D eigenvalue weighted by Crippen LogP contribution is -2.52. The van der Waals surface area contributed by atoms with E-state index in [0.29, 0.717) is 23.7 Å². The van der Waals surface area contributed by atoms with Crippen LogP contribution in [0.15, 0.2) is 66.5 Å². The molecule has 1 N–H and O–H groups in total. The minimum Gasteiger partial charge on any atom is -0.465 e. The highest BCUT2D eigenvalue weighted by atomic mass is 35.5. The van der Waals surface area contributed by atoms with E-state index in [1.807, 2.05) is 43.5 Å². The zero-order chi connectivity index (χ0) is 29.4. The SMILES string of the molecule is COC(=O)c1ccc(N2CC(OCC3=C(c4ccc(Cl)cc4)CC(C)(C)CC3)C2)c(C)c1Oc1cnc2[nH]ccc2c1. The Hall–Kier alpha value is -3.81. The quantitative estimate of drug-likeness (QED) is 0.211. The number of ether oxygens (including phenoxy) is 3. The van der Waals surface area contributed by atoms with Gasteiger partial charge >= 0.3 is 5.97 Å². The monoisotopic (exact) mass is 585 g/mol. The lowest BCUT2D eigenvalue weighted by molar-refractivity contribution is 0.0468. The summed E-state index contributed by atoms with van der Waals surface area (Å²) in [6.07, 6.45) is 6.84. The summed E-state index contributed by atoms with van der Waals surface area (Å²) in [5.74, 6) is 0.585. The molecule has 2 aromatic carbocycles. The minimum atomic E-state index is -0.444. The van der Waals surface area contributed by atoms with Gasteiger partial charge in [-0.2, -0.15) is 0 Å². The van der Waals surface area contributed by atoms with Gasteiger partial charge in [0.15, 0.2) is 0 Å². The van der Waals surface area contributed by atoms with Crippen molar-refractivity contribution in [3.63, 3.8) is 0 Å². The van der Waals surface area contributed by atoms with Crippen molar-refractivity contribution in [3.05, 3.63) is 88.2 Å². The summed E-state index contributed by atoms with van der Waals surface area (Å²) < 4.78 is 17.8. The van der Waals surface area contributed by atoms with Crippen molar-refractivity contribution < 1.29 is 19.0 Å². The highest BCUT2D eigenvalue weighted by Gasteiger charge is 2.33. The van der Waals surface area contributed by atoms with Crippen molar-refractivity contribution in [3.8, 4) is 11.5 Å². The van der Waals surface area contributed by atoms with Gasteiger partial charge in [0.2, 0.25) is 0 Å². The van der Waals surface area contributed by atoms with Crippen LogP contribution >= 0.6 is 11.6 Å². The van der Waals surface area contributed by atoms with Crippen molar-refractivity contribution in [2.45, 2.75) is 46.1 Å². The third-order valence-electron chi connectivity index (χ3n) is 8.44. The predicted octanol–water partition coefficient (Wildman–Crippen LogP) is 7.97. The number of anilines is 1. The van der Waals surface area contributed by atoms with Crippen LogP contribution in [0.1, 0.15) is 54.6 Å². The first-order chi connectivity index (χ1) is 20.2. The van der Waals surface area contributed by atoms with E-state index in [9.17, 15) is 4.79 Å². The molecule has 0 atom stereocenters. The largest absolute Gasteiger partial charge is 0.465 e. The van der Waals surface area contributed by atoms with Gasteiger partial charge < -0.3 is 24.1 Å². The molecular formula is C34H36ClN3O4. The maximum atomic E-state index is 12.6. The summed E-state index contributed by atoms with van der Waals surface area (Å²) >= 11 is 6.17. The number of halogens is 1. The molecule has 0 unspecified atom stereocenters. The number of pyridine rings is 1. The molecule has 42 heavy (non-hydrogen) atoms. The first kappa shape index (κ1) is 28.3. The van der Waals surface area contributed by atoms with E-state index in [1.54, 1.807) is 12.3 Å². The fourth-order valence-electron chi connectivity index (χ4n) is 5.93. The third-order valence-corrected chi connectivity index (χ3v) is 8.69. The number of allylic oxidation sites excluding steroid dienone is 1. The molecule has 8 heteroatoms. The normalized spacial score (nSPS) is 16.9. The molecule has 0 spiro atoms. The number of fused-ring (bicyclic) bond motifs is 1. The Kier molecular flexibility index (Phi) is 7.73. The Morgan fingerprint density at radius 1 is 1.14 bits per heavy atom. The van der Waals surface area contributed by atoms with Gasteiger partial charge in [-0.3, -0.25) is 0 Å². The highest BCUT2D eigenvalue weighted by Crippen LogP contribution is 2.44. The summed E-state index contributed by atoms with van der Waals surface area (Å²) in [4.78, 5) is 22.4. The van der Waals surface area contributed by atoms with E-state index in [2.05, 4.69) is 40.8 Å². The smallest absolute Gasteiger partial charge is 0.341 e. The average Bonchev–Trinajstić information content (AvgIpc) is 3.42. The second-order valence-electron chi connectivity index (χ2n) is 12.0. The van der Waals surface area contributed by atoms with Gasteiger partial charge in [-0.1, -0.05) is 37.6 Å². The van der Waals surface area contributed by atoms with Gasteiger partial charge in [0, 0.05) is 40.9 Å². The molecule has 4 aromatic rings. The number of esters is 1. The number of methoxy groups -OCH3 is 1. The number of hydrogen-bond acceptors (Lipinski definition) is 6. The number of H-pyrrole nitrogens is 1. The molecule has 0 radical (unpaired) electrons.